The van der Waals surface area contributed by atoms with Crippen LogP contribution in [0, 0.1) is 0 Å². The summed E-state index contributed by atoms with van der Waals surface area (Å²) in [6.45, 7) is 7.86. The number of ether oxygens (including phenoxy) is 2. The molecule has 0 spiro atoms. The largest absolute Gasteiger partial charge is 0.448 e. The molecule has 1 atom stereocenters. The molecule has 0 bridgehead atoms. The van der Waals surface area contributed by atoms with E-state index in [1.165, 1.54) is 0 Å². The van der Waals surface area contributed by atoms with E-state index in [-0.39, 0.29) is 6.10 Å². The molecular formula is C13H22N2O3. The first-order valence-corrected chi connectivity index (χ1v) is 6.47. The molecule has 1 aliphatic rings. The lowest BCUT2D eigenvalue weighted by molar-refractivity contribution is -0.0963. The molecule has 0 aromatic carbocycles. The highest BCUT2D eigenvalue weighted by Gasteiger charge is 2.17. The second kappa shape index (κ2) is 6.31. The second-order valence-corrected chi connectivity index (χ2v) is 5.10. The van der Waals surface area contributed by atoms with Gasteiger partial charge in [-0.2, -0.15) is 0 Å². The maximum absolute atomic E-state index is 5.62. The highest BCUT2D eigenvalue weighted by atomic mass is 16.6. The molecule has 0 unspecified atom stereocenters. The van der Waals surface area contributed by atoms with Gasteiger partial charge in [-0.05, 0) is 7.05 Å². The lowest BCUT2D eigenvalue weighted by Crippen LogP contribution is -2.38. The fourth-order valence-corrected chi connectivity index (χ4v) is 1.99. The van der Waals surface area contributed by atoms with E-state index in [4.69, 9.17) is 13.9 Å². The molecule has 2 heterocycles. The van der Waals surface area contributed by atoms with E-state index in [2.05, 4.69) is 30.8 Å². The number of oxazole rings is 1. The van der Waals surface area contributed by atoms with Crippen molar-refractivity contribution in [1.82, 2.24) is 9.88 Å². The van der Waals surface area contributed by atoms with Crippen molar-refractivity contribution >= 4 is 0 Å². The summed E-state index contributed by atoms with van der Waals surface area (Å²) in [5.41, 5.74) is 0.970. The fourth-order valence-electron chi connectivity index (χ4n) is 1.99. The third-order valence-corrected chi connectivity index (χ3v) is 2.90. The van der Waals surface area contributed by atoms with Gasteiger partial charge in [-0.1, -0.05) is 13.8 Å². The summed E-state index contributed by atoms with van der Waals surface area (Å²) in [6, 6.07) is 0. The van der Waals surface area contributed by atoms with Gasteiger partial charge in [-0.15, -0.1) is 0 Å². The molecule has 1 aromatic heterocycles. The smallest absolute Gasteiger partial charge is 0.196 e. The zero-order valence-electron chi connectivity index (χ0n) is 11.4. The Balaban J connectivity index is 1.80. The highest BCUT2D eigenvalue weighted by Crippen LogP contribution is 2.14. The Labute approximate surface area is 108 Å². The fraction of sp³-hybridized carbons (Fsp3) is 0.769. The van der Waals surface area contributed by atoms with Gasteiger partial charge >= 0.3 is 0 Å². The molecule has 1 saturated heterocycles. The van der Waals surface area contributed by atoms with Gasteiger partial charge in [-0.3, -0.25) is 4.90 Å². The molecule has 5 heteroatoms. The molecule has 5 nitrogen and oxygen atoms in total. The average molecular weight is 254 g/mol. The van der Waals surface area contributed by atoms with Gasteiger partial charge in [-0.25, -0.2) is 4.98 Å². The van der Waals surface area contributed by atoms with E-state index >= 15 is 0 Å². The van der Waals surface area contributed by atoms with E-state index in [1.807, 2.05) is 0 Å². The van der Waals surface area contributed by atoms with Gasteiger partial charge in [0, 0.05) is 19.0 Å². The minimum Gasteiger partial charge on any atom is -0.448 e. The quantitative estimate of drug-likeness (QED) is 0.799. The maximum atomic E-state index is 5.62. The van der Waals surface area contributed by atoms with Gasteiger partial charge in [0.15, 0.2) is 5.89 Å². The maximum Gasteiger partial charge on any atom is 0.196 e. The highest BCUT2D eigenvalue weighted by molar-refractivity contribution is 4.99. The van der Waals surface area contributed by atoms with Gasteiger partial charge in [0.1, 0.15) is 6.26 Å². The standard InChI is InChI=1S/C13H22N2O3/c1-10(2)13-14-11(8-18-13)6-15(3)7-12-9-16-4-5-17-12/h8,10,12H,4-7,9H2,1-3H3/t12-/m0/s1. The molecule has 18 heavy (non-hydrogen) atoms. The Morgan fingerprint density at radius 1 is 1.44 bits per heavy atom. The number of hydrogen-bond acceptors (Lipinski definition) is 5. The monoisotopic (exact) mass is 254 g/mol. The van der Waals surface area contributed by atoms with E-state index in [0.717, 1.165) is 24.7 Å². The number of aromatic nitrogens is 1. The topological polar surface area (TPSA) is 47.7 Å². The van der Waals surface area contributed by atoms with E-state index < -0.39 is 0 Å². The molecule has 1 fully saturated rings. The summed E-state index contributed by atoms with van der Waals surface area (Å²) in [5.74, 6) is 1.13. The van der Waals surface area contributed by atoms with Crippen LogP contribution in [-0.4, -0.2) is 49.4 Å². The molecule has 1 aliphatic heterocycles. The normalized spacial score (nSPS) is 20.8. The molecule has 0 amide bonds. The molecular weight excluding hydrogens is 232 g/mol. The van der Waals surface area contributed by atoms with Crippen LogP contribution in [0.4, 0.5) is 0 Å². The zero-order chi connectivity index (χ0) is 13.0. The van der Waals surface area contributed by atoms with Crippen LogP contribution in [0.3, 0.4) is 0 Å². The first-order chi connectivity index (χ1) is 8.65. The van der Waals surface area contributed by atoms with Crippen molar-refractivity contribution in [2.24, 2.45) is 0 Å². The van der Waals surface area contributed by atoms with Crippen molar-refractivity contribution in [2.45, 2.75) is 32.4 Å². The first-order valence-electron chi connectivity index (χ1n) is 6.47. The van der Waals surface area contributed by atoms with Gasteiger partial charge < -0.3 is 13.9 Å². The predicted molar refractivity (Wildman–Crippen MR) is 67.5 cm³/mol. The molecule has 102 valence electrons. The second-order valence-electron chi connectivity index (χ2n) is 5.10. The summed E-state index contributed by atoms with van der Waals surface area (Å²) in [6.07, 6.45) is 1.91. The summed E-state index contributed by atoms with van der Waals surface area (Å²) in [4.78, 5) is 6.64. The van der Waals surface area contributed by atoms with Crippen LogP contribution in [0.2, 0.25) is 0 Å². The van der Waals surface area contributed by atoms with Crippen molar-refractivity contribution < 1.29 is 13.9 Å². The van der Waals surface area contributed by atoms with Crippen molar-refractivity contribution in [2.75, 3.05) is 33.4 Å². The van der Waals surface area contributed by atoms with Crippen molar-refractivity contribution in [3.8, 4) is 0 Å². The summed E-state index contributed by atoms with van der Waals surface area (Å²) < 4.78 is 16.4. The minimum absolute atomic E-state index is 0.167. The summed E-state index contributed by atoms with van der Waals surface area (Å²) >= 11 is 0. The lowest BCUT2D eigenvalue weighted by atomic mass is 10.2. The lowest BCUT2D eigenvalue weighted by Gasteiger charge is -2.26. The van der Waals surface area contributed by atoms with Crippen molar-refractivity contribution in [1.29, 1.82) is 0 Å². The van der Waals surface area contributed by atoms with Gasteiger partial charge in [0.25, 0.3) is 0 Å². The number of hydrogen-bond donors (Lipinski definition) is 0. The predicted octanol–water partition coefficient (Wildman–Crippen LogP) is 1.65. The van der Waals surface area contributed by atoms with Crippen molar-refractivity contribution in [3.05, 3.63) is 17.8 Å². The zero-order valence-corrected chi connectivity index (χ0v) is 11.4. The number of rotatable bonds is 5. The van der Waals surface area contributed by atoms with E-state index in [9.17, 15) is 0 Å². The number of likely N-dealkylation sites (N-methyl/N-ethyl adjacent to an activating group) is 1. The summed E-state index contributed by atoms with van der Waals surface area (Å²) in [7, 11) is 2.06. The Morgan fingerprint density at radius 3 is 2.89 bits per heavy atom. The number of nitrogens with zero attached hydrogens (tertiary/aromatic N) is 2. The molecule has 0 saturated carbocycles. The van der Waals surface area contributed by atoms with E-state index in [0.29, 0.717) is 25.7 Å². The van der Waals surface area contributed by atoms with Gasteiger partial charge in [0.2, 0.25) is 0 Å². The molecule has 0 radical (unpaired) electrons. The van der Waals surface area contributed by atoms with Crippen LogP contribution in [0.15, 0.2) is 10.7 Å². The summed E-state index contributed by atoms with van der Waals surface area (Å²) in [5, 5.41) is 0. The van der Waals surface area contributed by atoms with Crippen LogP contribution >= 0.6 is 0 Å². The molecule has 2 rings (SSSR count). The first kappa shape index (κ1) is 13.5. The molecule has 1 aromatic rings. The van der Waals surface area contributed by atoms with Crippen LogP contribution in [-0.2, 0) is 16.0 Å². The Kier molecular flexibility index (Phi) is 4.74. The molecule has 0 aliphatic carbocycles. The Bertz CT molecular complexity index is 359. The Morgan fingerprint density at radius 2 is 2.28 bits per heavy atom. The SMILES string of the molecule is CC(C)c1nc(CN(C)C[C@H]2COCCO2)co1. The third kappa shape index (κ3) is 3.80. The van der Waals surface area contributed by atoms with Crippen LogP contribution in [0.25, 0.3) is 0 Å². The van der Waals surface area contributed by atoms with E-state index in [1.54, 1.807) is 6.26 Å². The van der Waals surface area contributed by atoms with Crippen LogP contribution < -0.4 is 0 Å². The van der Waals surface area contributed by atoms with Gasteiger partial charge in [0.05, 0.1) is 31.6 Å². The average Bonchev–Trinajstić information content (AvgIpc) is 2.78. The van der Waals surface area contributed by atoms with Crippen LogP contribution in [0.1, 0.15) is 31.4 Å². The molecule has 0 N–H and O–H groups in total. The van der Waals surface area contributed by atoms with Crippen molar-refractivity contribution in [3.63, 3.8) is 0 Å². The van der Waals surface area contributed by atoms with Crippen LogP contribution in [0.5, 0.6) is 0 Å². The minimum atomic E-state index is 0.167. The Hall–Kier alpha value is -0.910. The third-order valence-electron chi connectivity index (χ3n) is 2.90.